The van der Waals surface area contributed by atoms with Crippen LogP contribution in [0.25, 0.3) is 16.2 Å². The minimum atomic E-state index is -1.04. The minimum absolute atomic E-state index is 0.0332. The summed E-state index contributed by atoms with van der Waals surface area (Å²) in [5.41, 5.74) is 1.36. The van der Waals surface area contributed by atoms with Crippen LogP contribution in [0.2, 0.25) is 0 Å². The predicted molar refractivity (Wildman–Crippen MR) is 68.0 cm³/mol. The number of thiophene rings is 1. The maximum Gasteiger partial charge on any atom is 0.356 e. The van der Waals surface area contributed by atoms with Crippen LogP contribution < -0.4 is 0 Å². The highest BCUT2D eigenvalue weighted by atomic mass is 32.1. The summed E-state index contributed by atoms with van der Waals surface area (Å²) in [6.45, 7) is 1.86. The molecule has 1 N–H and O–H groups in total. The number of hydrogen-bond acceptors (Lipinski definition) is 4. The molecule has 90 valence electrons. The maximum absolute atomic E-state index is 11.2. The highest BCUT2D eigenvalue weighted by molar-refractivity contribution is 7.13. The van der Waals surface area contributed by atoms with E-state index in [0.29, 0.717) is 11.3 Å². The highest BCUT2D eigenvalue weighted by Gasteiger charge is 2.18. The fraction of sp³-hybridized carbons (Fsp3) is 0.0833. The Hall–Kier alpha value is -2.21. The van der Waals surface area contributed by atoms with Gasteiger partial charge in [-0.2, -0.15) is 5.10 Å². The first-order valence-corrected chi connectivity index (χ1v) is 6.18. The third-order valence-electron chi connectivity index (χ3n) is 2.57. The van der Waals surface area contributed by atoms with Crippen LogP contribution in [0.5, 0.6) is 0 Å². The average Bonchev–Trinajstić information content (AvgIpc) is 2.93. The number of fused-ring (bicyclic) bond motifs is 1. The van der Waals surface area contributed by atoms with Gasteiger partial charge in [-0.15, -0.1) is 11.3 Å². The molecule has 0 aromatic carbocycles. The van der Waals surface area contributed by atoms with Gasteiger partial charge in [0.1, 0.15) is 5.52 Å². The molecule has 0 aliphatic rings. The zero-order valence-electron chi connectivity index (χ0n) is 9.49. The molecule has 0 saturated carbocycles. The van der Waals surface area contributed by atoms with E-state index in [1.54, 1.807) is 16.6 Å². The molecule has 18 heavy (non-hydrogen) atoms. The van der Waals surface area contributed by atoms with E-state index < -0.39 is 5.97 Å². The molecule has 0 bridgehead atoms. The number of aryl methyl sites for hydroxylation is 1. The molecule has 0 fully saturated rings. The van der Waals surface area contributed by atoms with E-state index in [1.165, 1.54) is 11.3 Å². The number of nitrogens with zero attached hydrogens (tertiary/aromatic N) is 3. The monoisotopic (exact) mass is 259 g/mol. The molecule has 0 unspecified atom stereocenters. The Balaban J connectivity index is 2.38. The molecule has 3 aromatic heterocycles. The SMILES string of the molecule is Cc1ccc2c(C(=O)O)nc(-c3cccs3)n2n1. The Morgan fingerprint density at radius 3 is 2.89 bits per heavy atom. The topological polar surface area (TPSA) is 67.5 Å². The van der Waals surface area contributed by atoms with Gasteiger partial charge in [-0.25, -0.2) is 14.3 Å². The largest absolute Gasteiger partial charge is 0.476 e. The van der Waals surface area contributed by atoms with E-state index in [4.69, 9.17) is 5.11 Å². The minimum Gasteiger partial charge on any atom is -0.476 e. The Labute approximate surface area is 106 Å². The van der Waals surface area contributed by atoms with Crippen LogP contribution in [-0.4, -0.2) is 25.7 Å². The number of carbonyl (C=O) groups is 1. The van der Waals surface area contributed by atoms with Crippen LogP contribution in [0.1, 0.15) is 16.2 Å². The second kappa shape index (κ2) is 3.92. The molecule has 5 nitrogen and oxygen atoms in total. The average molecular weight is 259 g/mol. The quantitative estimate of drug-likeness (QED) is 0.767. The number of carboxylic acids is 1. The van der Waals surface area contributed by atoms with E-state index in [-0.39, 0.29) is 5.69 Å². The zero-order chi connectivity index (χ0) is 12.7. The molecule has 3 heterocycles. The van der Waals surface area contributed by atoms with Gasteiger partial charge in [-0.05, 0) is 30.5 Å². The molecule has 0 aliphatic carbocycles. The summed E-state index contributed by atoms with van der Waals surface area (Å²) in [6.07, 6.45) is 0. The number of imidazole rings is 1. The molecular formula is C12H9N3O2S. The standard InChI is InChI=1S/C12H9N3O2S/c1-7-4-5-8-10(12(16)17)13-11(15(8)14-7)9-3-2-6-18-9/h2-6H,1H3,(H,16,17). The third kappa shape index (κ3) is 1.58. The van der Waals surface area contributed by atoms with E-state index in [1.807, 2.05) is 24.4 Å². The van der Waals surface area contributed by atoms with Crippen LogP contribution in [-0.2, 0) is 0 Å². The molecule has 6 heteroatoms. The van der Waals surface area contributed by atoms with E-state index in [0.717, 1.165) is 10.6 Å². The second-order valence-electron chi connectivity index (χ2n) is 3.84. The van der Waals surface area contributed by atoms with Crippen molar-refractivity contribution in [3.05, 3.63) is 41.0 Å². The molecule has 0 amide bonds. The van der Waals surface area contributed by atoms with Crippen molar-refractivity contribution in [2.75, 3.05) is 0 Å². The van der Waals surface area contributed by atoms with Crippen molar-refractivity contribution in [1.29, 1.82) is 0 Å². The van der Waals surface area contributed by atoms with Crippen LogP contribution in [0.15, 0.2) is 29.6 Å². The summed E-state index contributed by atoms with van der Waals surface area (Å²) < 4.78 is 1.59. The second-order valence-corrected chi connectivity index (χ2v) is 4.79. The summed E-state index contributed by atoms with van der Waals surface area (Å²) in [7, 11) is 0. The van der Waals surface area contributed by atoms with Crippen LogP contribution >= 0.6 is 11.3 Å². The first-order valence-electron chi connectivity index (χ1n) is 5.30. The first kappa shape index (κ1) is 10.9. The summed E-state index contributed by atoms with van der Waals surface area (Å²) in [5.74, 6) is -0.470. The first-order chi connectivity index (χ1) is 8.66. The maximum atomic E-state index is 11.2. The number of rotatable bonds is 2. The van der Waals surface area contributed by atoms with Gasteiger partial charge in [0.25, 0.3) is 0 Å². The lowest BCUT2D eigenvalue weighted by atomic mass is 10.3. The van der Waals surface area contributed by atoms with Crippen molar-refractivity contribution < 1.29 is 9.90 Å². The van der Waals surface area contributed by atoms with Crippen molar-refractivity contribution in [1.82, 2.24) is 14.6 Å². The van der Waals surface area contributed by atoms with E-state index in [9.17, 15) is 4.79 Å². The van der Waals surface area contributed by atoms with Crippen LogP contribution in [0.4, 0.5) is 0 Å². The van der Waals surface area contributed by atoms with Gasteiger partial charge in [0.2, 0.25) is 0 Å². The third-order valence-corrected chi connectivity index (χ3v) is 3.44. The lowest BCUT2D eigenvalue weighted by Gasteiger charge is -1.98. The normalized spacial score (nSPS) is 10.9. The van der Waals surface area contributed by atoms with Gasteiger partial charge in [0.05, 0.1) is 10.6 Å². The molecule has 3 aromatic rings. The Bertz CT molecular complexity index is 731. The Morgan fingerprint density at radius 1 is 1.39 bits per heavy atom. The van der Waals surface area contributed by atoms with Gasteiger partial charge >= 0.3 is 5.97 Å². The zero-order valence-corrected chi connectivity index (χ0v) is 10.3. The fourth-order valence-electron chi connectivity index (χ4n) is 1.79. The fourth-order valence-corrected chi connectivity index (χ4v) is 2.49. The van der Waals surface area contributed by atoms with E-state index in [2.05, 4.69) is 10.1 Å². The Morgan fingerprint density at radius 2 is 2.22 bits per heavy atom. The molecule has 0 radical (unpaired) electrons. The smallest absolute Gasteiger partial charge is 0.356 e. The molecule has 0 saturated heterocycles. The van der Waals surface area contributed by atoms with Crippen molar-refractivity contribution >= 4 is 22.8 Å². The van der Waals surface area contributed by atoms with E-state index >= 15 is 0 Å². The Kier molecular flexibility index (Phi) is 2.38. The van der Waals surface area contributed by atoms with Crippen molar-refractivity contribution in [3.8, 4) is 10.7 Å². The lowest BCUT2D eigenvalue weighted by Crippen LogP contribution is -1.98. The summed E-state index contributed by atoms with van der Waals surface area (Å²) in [4.78, 5) is 16.3. The van der Waals surface area contributed by atoms with Gasteiger partial charge < -0.3 is 5.11 Å². The van der Waals surface area contributed by atoms with Gasteiger partial charge in [-0.3, -0.25) is 0 Å². The van der Waals surface area contributed by atoms with Crippen LogP contribution in [0, 0.1) is 6.92 Å². The van der Waals surface area contributed by atoms with Crippen molar-refractivity contribution in [2.45, 2.75) is 6.92 Å². The molecule has 0 aliphatic heterocycles. The van der Waals surface area contributed by atoms with Crippen molar-refractivity contribution in [3.63, 3.8) is 0 Å². The number of carboxylic acid groups (broad SMARTS) is 1. The number of hydrogen-bond donors (Lipinski definition) is 1. The van der Waals surface area contributed by atoms with Gasteiger partial charge in [0.15, 0.2) is 11.5 Å². The van der Waals surface area contributed by atoms with Gasteiger partial charge in [0, 0.05) is 0 Å². The summed E-state index contributed by atoms with van der Waals surface area (Å²) >= 11 is 1.51. The predicted octanol–water partition coefficient (Wildman–Crippen LogP) is 2.46. The molecule has 0 atom stereocenters. The number of aromatic carboxylic acids is 1. The molecule has 0 spiro atoms. The molecule has 3 rings (SSSR count). The van der Waals surface area contributed by atoms with Gasteiger partial charge in [-0.1, -0.05) is 6.07 Å². The van der Waals surface area contributed by atoms with Crippen molar-refractivity contribution in [2.24, 2.45) is 0 Å². The van der Waals surface area contributed by atoms with Crippen LogP contribution in [0.3, 0.4) is 0 Å². The lowest BCUT2D eigenvalue weighted by molar-refractivity contribution is 0.0693. The summed E-state index contributed by atoms with van der Waals surface area (Å²) in [5, 5.41) is 15.4. The summed E-state index contributed by atoms with van der Waals surface area (Å²) in [6, 6.07) is 7.31. The molecular weight excluding hydrogens is 250 g/mol. The number of aromatic nitrogens is 3. The highest BCUT2D eigenvalue weighted by Crippen LogP contribution is 2.26.